The van der Waals surface area contributed by atoms with E-state index in [9.17, 15) is 10.1 Å². The molecule has 2 rings (SSSR count). The van der Waals surface area contributed by atoms with Crippen molar-refractivity contribution >= 4 is 5.69 Å². The molecule has 2 atom stereocenters. The summed E-state index contributed by atoms with van der Waals surface area (Å²) in [6.45, 7) is 5.94. The standard InChI is InChI=1S/C15H23N3O2/c1-12-6-8-17(11-14(12)10-16)9-7-13-4-2-3-5-15(13)18(19)20/h2-5,12,14H,6-11,16H2,1H3. The molecule has 0 amide bonds. The third kappa shape index (κ3) is 3.55. The van der Waals surface area contributed by atoms with Crippen LogP contribution in [0.25, 0.3) is 0 Å². The van der Waals surface area contributed by atoms with Gasteiger partial charge in [-0.15, -0.1) is 0 Å². The van der Waals surface area contributed by atoms with Gasteiger partial charge >= 0.3 is 0 Å². The summed E-state index contributed by atoms with van der Waals surface area (Å²) in [7, 11) is 0. The summed E-state index contributed by atoms with van der Waals surface area (Å²) in [6, 6.07) is 7.01. The van der Waals surface area contributed by atoms with Crippen molar-refractivity contribution in [1.82, 2.24) is 4.90 Å². The molecule has 0 aromatic heterocycles. The molecule has 1 fully saturated rings. The van der Waals surface area contributed by atoms with Gasteiger partial charge < -0.3 is 10.6 Å². The van der Waals surface area contributed by atoms with E-state index >= 15 is 0 Å². The van der Waals surface area contributed by atoms with Gasteiger partial charge in [0.05, 0.1) is 4.92 Å². The number of nitro benzene ring substituents is 1. The minimum absolute atomic E-state index is 0.230. The highest BCUT2D eigenvalue weighted by Gasteiger charge is 2.25. The molecule has 0 bridgehead atoms. The van der Waals surface area contributed by atoms with Crippen LogP contribution >= 0.6 is 0 Å². The topological polar surface area (TPSA) is 72.4 Å². The number of likely N-dealkylation sites (tertiary alicyclic amines) is 1. The summed E-state index contributed by atoms with van der Waals surface area (Å²) in [5.41, 5.74) is 6.86. The van der Waals surface area contributed by atoms with Crippen molar-refractivity contribution in [3.8, 4) is 0 Å². The molecule has 0 aliphatic carbocycles. The Bertz CT molecular complexity index is 464. The highest BCUT2D eigenvalue weighted by Crippen LogP contribution is 2.23. The zero-order valence-corrected chi connectivity index (χ0v) is 12.0. The van der Waals surface area contributed by atoms with Gasteiger partial charge in [-0.25, -0.2) is 0 Å². The number of para-hydroxylation sites is 1. The van der Waals surface area contributed by atoms with Crippen molar-refractivity contribution in [2.24, 2.45) is 17.6 Å². The Morgan fingerprint density at radius 2 is 2.20 bits per heavy atom. The van der Waals surface area contributed by atoms with E-state index in [-0.39, 0.29) is 10.6 Å². The number of nitro groups is 1. The minimum Gasteiger partial charge on any atom is -0.330 e. The molecule has 1 aliphatic rings. The van der Waals surface area contributed by atoms with E-state index in [1.165, 1.54) is 6.42 Å². The lowest BCUT2D eigenvalue weighted by molar-refractivity contribution is -0.385. The number of rotatable bonds is 5. The van der Waals surface area contributed by atoms with Crippen molar-refractivity contribution in [2.45, 2.75) is 19.8 Å². The molecule has 110 valence electrons. The second-order valence-corrected chi connectivity index (χ2v) is 5.70. The highest BCUT2D eigenvalue weighted by atomic mass is 16.6. The van der Waals surface area contributed by atoms with Gasteiger partial charge in [0.2, 0.25) is 0 Å². The van der Waals surface area contributed by atoms with Crippen LogP contribution in [0.2, 0.25) is 0 Å². The van der Waals surface area contributed by atoms with Gasteiger partial charge in [0, 0.05) is 24.7 Å². The van der Waals surface area contributed by atoms with E-state index in [1.807, 2.05) is 12.1 Å². The second-order valence-electron chi connectivity index (χ2n) is 5.70. The number of hydrogen-bond acceptors (Lipinski definition) is 4. The van der Waals surface area contributed by atoms with Crippen LogP contribution in [0.15, 0.2) is 24.3 Å². The molecular weight excluding hydrogens is 254 g/mol. The van der Waals surface area contributed by atoms with Crippen LogP contribution in [0.4, 0.5) is 5.69 Å². The Labute approximate surface area is 119 Å². The van der Waals surface area contributed by atoms with Crippen molar-refractivity contribution in [3.63, 3.8) is 0 Å². The molecule has 5 heteroatoms. The maximum Gasteiger partial charge on any atom is 0.272 e. The van der Waals surface area contributed by atoms with Crippen LogP contribution in [0.3, 0.4) is 0 Å². The van der Waals surface area contributed by atoms with Gasteiger partial charge in [-0.1, -0.05) is 25.1 Å². The van der Waals surface area contributed by atoms with E-state index in [1.54, 1.807) is 12.1 Å². The maximum atomic E-state index is 11.0. The van der Waals surface area contributed by atoms with Crippen molar-refractivity contribution in [2.75, 3.05) is 26.2 Å². The summed E-state index contributed by atoms with van der Waals surface area (Å²) in [6.07, 6.45) is 1.89. The van der Waals surface area contributed by atoms with Crippen LogP contribution in [-0.4, -0.2) is 36.0 Å². The van der Waals surface area contributed by atoms with Gasteiger partial charge in [0.15, 0.2) is 0 Å². The van der Waals surface area contributed by atoms with Crippen molar-refractivity contribution in [1.29, 1.82) is 0 Å². The first kappa shape index (κ1) is 14.9. The summed E-state index contributed by atoms with van der Waals surface area (Å²) < 4.78 is 0. The Morgan fingerprint density at radius 1 is 1.45 bits per heavy atom. The highest BCUT2D eigenvalue weighted by molar-refractivity contribution is 5.39. The third-order valence-corrected chi connectivity index (χ3v) is 4.39. The summed E-state index contributed by atoms with van der Waals surface area (Å²) >= 11 is 0. The predicted octanol–water partition coefficient (Wildman–Crippen LogP) is 2.05. The lowest BCUT2D eigenvalue weighted by Gasteiger charge is -2.36. The molecule has 2 N–H and O–H groups in total. The molecule has 1 aromatic carbocycles. The Kier molecular flexibility index (Phi) is 5.09. The van der Waals surface area contributed by atoms with E-state index < -0.39 is 0 Å². The van der Waals surface area contributed by atoms with E-state index in [0.717, 1.165) is 38.2 Å². The quantitative estimate of drug-likeness (QED) is 0.660. The summed E-state index contributed by atoms with van der Waals surface area (Å²) in [5.74, 6) is 1.23. The number of nitrogens with zero attached hydrogens (tertiary/aromatic N) is 2. The summed E-state index contributed by atoms with van der Waals surface area (Å²) in [5, 5.41) is 11.0. The van der Waals surface area contributed by atoms with Gasteiger partial charge in [-0.2, -0.15) is 0 Å². The van der Waals surface area contributed by atoms with Gasteiger partial charge in [0.25, 0.3) is 5.69 Å². The lowest BCUT2D eigenvalue weighted by Crippen LogP contribution is -2.43. The second kappa shape index (κ2) is 6.81. The normalized spacial score (nSPS) is 23.7. The van der Waals surface area contributed by atoms with Crippen LogP contribution < -0.4 is 5.73 Å². The Hall–Kier alpha value is -1.46. The van der Waals surface area contributed by atoms with E-state index in [0.29, 0.717) is 11.8 Å². The largest absolute Gasteiger partial charge is 0.330 e. The monoisotopic (exact) mass is 277 g/mol. The zero-order chi connectivity index (χ0) is 14.5. The predicted molar refractivity (Wildman–Crippen MR) is 79.6 cm³/mol. The smallest absolute Gasteiger partial charge is 0.272 e. The first-order chi connectivity index (χ1) is 9.61. The van der Waals surface area contributed by atoms with Crippen LogP contribution in [0.1, 0.15) is 18.9 Å². The average molecular weight is 277 g/mol. The molecule has 5 nitrogen and oxygen atoms in total. The first-order valence-corrected chi connectivity index (χ1v) is 7.26. The molecule has 1 aliphatic heterocycles. The third-order valence-electron chi connectivity index (χ3n) is 4.39. The molecule has 1 heterocycles. The molecule has 0 saturated carbocycles. The Morgan fingerprint density at radius 3 is 2.90 bits per heavy atom. The molecule has 20 heavy (non-hydrogen) atoms. The minimum atomic E-state index is -0.295. The maximum absolute atomic E-state index is 11.0. The zero-order valence-electron chi connectivity index (χ0n) is 12.0. The van der Waals surface area contributed by atoms with Crippen LogP contribution in [0, 0.1) is 22.0 Å². The molecule has 0 radical (unpaired) electrons. The van der Waals surface area contributed by atoms with Gasteiger partial charge in [-0.3, -0.25) is 10.1 Å². The molecule has 0 spiro atoms. The molecule has 1 aromatic rings. The van der Waals surface area contributed by atoms with Crippen molar-refractivity contribution in [3.05, 3.63) is 39.9 Å². The SMILES string of the molecule is CC1CCN(CCc2ccccc2[N+](=O)[O-])CC1CN. The fourth-order valence-corrected chi connectivity index (χ4v) is 2.91. The number of benzene rings is 1. The fourth-order valence-electron chi connectivity index (χ4n) is 2.91. The van der Waals surface area contributed by atoms with Gasteiger partial charge in [-0.05, 0) is 37.8 Å². The van der Waals surface area contributed by atoms with Crippen molar-refractivity contribution < 1.29 is 4.92 Å². The number of nitrogens with two attached hydrogens (primary N) is 1. The molecule has 1 saturated heterocycles. The van der Waals surface area contributed by atoms with Crippen LogP contribution in [0.5, 0.6) is 0 Å². The number of hydrogen-bond donors (Lipinski definition) is 1. The van der Waals surface area contributed by atoms with E-state index in [4.69, 9.17) is 5.73 Å². The van der Waals surface area contributed by atoms with Crippen LogP contribution in [-0.2, 0) is 6.42 Å². The van der Waals surface area contributed by atoms with E-state index in [2.05, 4.69) is 11.8 Å². The fraction of sp³-hybridized carbons (Fsp3) is 0.600. The lowest BCUT2D eigenvalue weighted by atomic mass is 9.87. The molecule has 2 unspecified atom stereocenters. The summed E-state index contributed by atoms with van der Waals surface area (Å²) in [4.78, 5) is 13.1. The Balaban J connectivity index is 1.94. The molecular formula is C15H23N3O2. The first-order valence-electron chi connectivity index (χ1n) is 7.26. The average Bonchev–Trinajstić information content (AvgIpc) is 2.46. The number of piperidine rings is 1. The van der Waals surface area contributed by atoms with Gasteiger partial charge in [0.1, 0.15) is 0 Å².